The van der Waals surface area contributed by atoms with Crippen LogP contribution in [-0.4, -0.2) is 24.8 Å². The first-order valence-corrected chi connectivity index (χ1v) is 6.22. The Bertz CT molecular complexity index is 335. The molecule has 1 aliphatic rings. The zero-order valence-corrected chi connectivity index (χ0v) is 10.0. The van der Waals surface area contributed by atoms with Gasteiger partial charge in [0.05, 0.1) is 0 Å². The predicted octanol–water partition coefficient (Wildman–Crippen LogP) is 2.59. The number of aliphatic hydroxyl groups excluding tert-OH is 1. The van der Waals surface area contributed by atoms with Crippen molar-refractivity contribution in [2.24, 2.45) is 5.92 Å². The van der Waals surface area contributed by atoms with Gasteiger partial charge in [-0.3, -0.25) is 0 Å². The van der Waals surface area contributed by atoms with Crippen molar-refractivity contribution in [3.8, 4) is 0 Å². The van der Waals surface area contributed by atoms with E-state index in [9.17, 15) is 0 Å². The van der Waals surface area contributed by atoms with E-state index in [1.165, 1.54) is 24.1 Å². The highest BCUT2D eigenvalue weighted by Crippen LogP contribution is 2.26. The summed E-state index contributed by atoms with van der Waals surface area (Å²) >= 11 is 0. The van der Waals surface area contributed by atoms with Gasteiger partial charge in [0.1, 0.15) is 0 Å². The summed E-state index contributed by atoms with van der Waals surface area (Å²) < 4.78 is 0. The van der Waals surface area contributed by atoms with Gasteiger partial charge in [0.2, 0.25) is 0 Å². The second-order valence-corrected chi connectivity index (χ2v) is 4.75. The largest absolute Gasteiger partial charge is 0.396 e. The molecule has 0 radical (unpaired) electrons. The van der Waals surface area contributed by atoms with Gasteiger partial charge in [-0.25, -0.2) is 0 Å². The zero-order chi connectivity index (χ0) is 11.4. The lowest BCUT2D eigenvalue weighted by atomic mass is 9.94. The molecule has 1 N–H and O–H groups in total. The van der Waals surface area contributed by atoms with Crippen LogP contribution in [0.5, 0.6) is 0 Å². The first-order valence-electron chi connectivity index (χ1n) is 6.22. The average molecular weight is 219 g/mol. The van der Waals surface area contributed by atoms with Crippen LogP contribution in [0.4, 0.5) is 5.69 Å². The number of anilines is 1. The van der Waals surface area contributed by atoms with Gasteiger partial charge in [0.15, 0.2) is 0 Å². The Morgan fingerprint density at radius 1 is 1.38 bits per heavy atom. The van der Waals surface area contributed by atoms with Crippen LogP contribution in [0.2, 0.25) is 0 Å². The standard InChI is InChI=1S/C14H21NO/c1-12-5-2-3-7-14(12)15-9-4-6-13(11-15)8-10-16/h2-3,5,7,13,16H,4,6,8-11H2,1H3. The van der Waals surface area contributed by atoms with E-state index in [1.54, 1.807) is 0 Å². The van der Waals surface area contributed by atoms with E-state index in [0.29, 0.717) is 12.5 Å². The van der Waals surface area contributed by atoms with Gasteiger partial charge in [-0.1, -0.05) is 18.2 Å². The SMILES string of the molecule is Cc1ccccc1N1CCCC(CCO)C1. The molecule has 88 valence electrons. The molecule has 0 spiro atoms. The number of hydrogen-bond donors (Lipinski definition) is 1. The predicted molar refractivity (Wildman–Crippen MR) is 67.8 cm³/mol. The normalized spacial score (nSPS) is 21.1. The first-order chi connectivity index (χ1) is 7.81. The van der Waals surface area contributed by atoms with Crippen molar-refractivity contribution in [1.29, 1.82) is 0 Å². The van der Waals surface area contributed by atoms with Crippen LogP contribution in [-0.2, 0) is 0 Å². The fourth-order valence-electron chi connectivity index (χ4n) is 2.62. The number of aryl methyl sites for hydroxylation is 1. The Morgan fingerprint density at radius 2 is 2.19 bits per heavy atom. The van der Waals surface area contributed by atoms with Crippen molar-refractivity contribution in [2.45, 2.75) is 26.2 Å². The van der Waals surface area contributed by atoms with Crippen molar-refractivity contribution < 1.29 is 5.11 Å². The van der Waals surface area contributed by atoms with Gasteiger partial charge in [-0.15, -0.1) is 0 Å². The number of nitrogens with zero attached hydrogens (tertiary/aromatic N) is 1. The van der Waals surface area contributed by atoms with Crippen molar-refractivity contribution in [3.05, 3.63) is 29.8 Å². The number of aliphatic hydroxyl groups is 1. The van der Waals surface area contributed by atoms with E-state index in [4.69, 9.17) is 5.11 Å². The van der Waals surface area contributed by atoms with Gasteiger partial charge in [-0.05, 0) is 43.7 Å². The summed E-state index contributed by atoms with van der Waals surface area (Å²) in [6, 6.07) is 8.58. The lowest BCUT2D eigenvalue weighted by Crippen LogP contribution is -2.36. The highest BCUT2D eigenvalue weighted by atomic mass is 16.3. The molecule has 1 atom stereocenters. The van der Waals surface area contributed by atoms with Crippen molar-refractivity contribution in [2.75, 3.05) is 24.6 Å². The van der Waals surface area contributed by atoms with Crippen LogP contribution in [0, 0.1) is 12.8 Å². The van der Waals surface area contributed by atoms with Gasteiger partial charge in [0.25, 0.3) is 0 Å². The molecule has 0 aliphatic carbocycles. The van der Waals surface area contributed by atoms with Gasteiger partial charge < -0.3 is 10.0 Å². The van der Waals surface area contributed by atoms with Crippen LogP contribution in [0.1, 0.15) is 24.8 Å². The van der Waals surface area contributed by atoms with Gasteiger partial charge >= 0.3 is 0 Å². The fourth-order valence-corrected chi connectivity index (χ4v) is 2.62. The summed E-state index contributed by atoms with van der Waals surface area (Å²) in [5, 5.41) is 9.01. The molecular formula is C14H21NO. The topological polar surface area (TPSA) is 23.5 Å². The fraction of sp³-hybridized carbons (Fsp3) is 0.571. The molecule has 16 heavy (non-hydrogen) atoms. The maximum absolute atomic E-state index is 9.01. The Kier molecular flexibility index (Phi) is 3.83. The molecule has 0 amide bonds. The summed E-state index contributed by atoms with van der Waals surface area (Å²) in [4.78, 5) is 2.47. The smallest absolute Gasteiger partial charge is 0.0434 e. The van der Waals surface area contributed by atoms with Crippen LogP contribution in [0.25, 0.3) is 0 Å². The minimum Gasteiger partial charge on any atom is -0.396 e. The molecule has 0 bridgehead atoms. The zero-order valence-electron chi connectivity index (χ0n) is 10.0. The monoisotopic (exact) mass is 219 g/mol. The minimum atomic E-state index is 0.326. The third-order valence-corrected chi connectivity index (χ3v) is 3.51. The lowest BCUT2D eigenvalue weighted by molar-refractivity contribution is 0.244. The summed E-state index contributed by atoms with van der Waals surface area (Å²) in [6.45, 7) is 4.76. The quantitative estimate of drug-likeness (QED) is 0.844. The number of rotatable bonds is 3. The Morgan fingerprint density at radius 3 is 2.94 bits per heavy atom. The van der Waals surface area contributed by atoms with E-state index >= 15 is 0 Å². The van der Waals surface area contributed by atoms with Crippen molar-refractivity contribution >= 4 is 5.69 Å². The Labute approximate surface area is 97.9 Å². The van der Waals surface area contributed by atoms with Gasteiger partial charge in [0, 0.05) is 25.4 Å². The van der Waals surface area contributed by atoms with Crippen LogP contribution in [0.3, 0.4) is 0 Å². The summed E-state index contributed by atoms with van der Waals surface area (Å²) in [5.74, 6) is 0.665. The molecule has 1 saturated heterocycles. The molecule has 2 rings (SSSR count). The molecule has 1 aliphatic heterocycles. The maximum atomic E-state index is 9.01. The van der Waals surface area contributed by atoms with Crippen LogP contribution < -0.4 is 4.90 Å². The van der Waals surface area contributed by atoms with Crippen LogP contribution >= 0.6 is 0 Å². The Hall–Kier alpha value is -1.02. The third kappa shape index (κ3) is 2.56. The number of piperidine rings is 1. The second kappa shape index (κ2) is 5.35. The molecule has 0 saturated carbocycles. The van der Waals surface area contributed by atoms with Crippen molar-refractivity contribution in [1.82, 2.24) is 0 Å². The van der Waals surface area contributed by atoms with E-state index in [1.807, 2.05) is 0 Å². The maximum Gasteiger partial charge on any atom is 0.0434 e. The molecule has 0 aromatic heterocycles. The summed E-state index contributed by atoms with van der Waals surface area (Å²) in [7, 11) is 0. The summed E-state index contributed by atoms with van der Waals surface area (Å²) in [6.07, 6.45) is 3.46. The number of benzene rings is 1. The van der Waals surface area contributed by atoms with E-state index < -0.39 is 0 Å². The molecule has 2 nitrogen and oxygen atoms in total. The molecule has 1 aromatic rings. The second-order valence-electron chi connectivity index (χ2n) is 4.75. The third-order valence-electron chi connectivity index (χ3n) is 3.51. The van der Waals surface area contributed by atoms with E-state index in [-0.39, 0.29) is 0 Å². The molecule has 1 unspecified atom stereocenters. The van der Waals surface area contributed by atoms with Crippen LogP contribution in [0.15, 0.2) is 24.3 Å². The molecule has 1 fully saturated rings. The number of para-hydroxylation sites is 1. The van der Waals surface area contributed by atoms with E-state index in [0.717, 1.165) is 19.5 Å². The highest BCUT2D eigenvalue weighted by Gasteiger charge is 2.20. The minimum absolute atomic E-state index is 0.326. The average Bonchev–Trinajstić information content (AvgIpc) is 2.30. The molecular weight excluding hydrogens is 198 g/mol. The summed E-state index contributed by atoms with van der Waals surface area (Å²) in [5.41, 5.74) is 2.72. The van der Waals surface area contributed by atoms with Gasteiger partial charge in [-0.2, -0.15) is 0 Å². The first kappa shape index (κ1) is 11.5. The molecule has 1 heterocycles. The molecule has 1 aromatic carbocycles. The molecule has 2 heteroatoms. The van der Waals surface area contributed by atoms with E-state index in [2.05, 4.69) is 36.1 Å². The van der Waals surface area contributed by atoms with Crippen molar-refractivity contribution in [3.63, 3.8) is 0 Å². The lowest BCUT2D eigenvalue weighted by Gasteiger charge is -2.35. The Balaban J connectivity index is 2.07. The number of hydrogen-bond acceptors (Lipinski definition) is 2. The highest BCUT2D eigenvalue weighted by molar-refractivity contribution is 5.53.